The van der Waals surface area contributed by atoms with Gasteiger partial charge in [-0.25, -0.2) is 0 Å². The Morgan fingerprint density at radius 1 is 1.42 bits per heavy atom. The van der Waals surface area contributed by atoms with Crippen molar-refractivity contribution in [1.29, 1.82) is 0 Å². The van der Waals surface area contributed by atoms with E-state index in [-0.39, 0.29) is 28.8 Å². The van der Waals surface area contributed by atoms with Gasteiger partial charge >= 0.3 is 0 Å². The van der Waals surface area contributed by atoms with Crippen molar-refractivity contribution in [2.45, 2.75) is 77.9 Å². The fourth-order valence-electron chi connectivity index (χ4n) is 3.73. The minimum absolute atomic E-state index is 0.0961. The normalized spacial score (nSPS) is 29.9. The van der Waals surface area contributed by atoms with Gasteiger partial charge in [0.2, 0.25) is 5.91 Å². The molecule has 2 heterocycles. The highest BCUT2D eigenvalue weighted by molar-refractivity contribution is 6.74. The highest BCUT2D eigenvalue weighted by Crippen LogP contribution is 2.45. The molecule has 0 unspecified atom stereocenters. The van der Waals surface area contributed by atoms with E-state index in [1.54, 1.807) is 0 Å². The number of hydrogen-bond donors (Lipinski definition) is 0. The molecule has 3 atom stereocenters. The molecule has 0 bridgehead atoms. The average Bonchev–Trinajstić information content (AvgIpc) is 2.85. The Morgan fingerprint density at radius 3 is 2.50 bits per heavy atom. The number of rotatable bonds is 5. The Kier molecular flexibility index (Phi) is 5.13. The molecule has 2 aliphatic rings. The molecule has 0 aromatic rings. The van der Waals surface area contributed by atoms with E-state index in [1.807, 2.05) is 25.7 Å². The van der Waals surface area contributed by atoms with Gasteiger partial charge in [-0.15, -0.1) is 0 Å². The maximum absolute atomic E-state index is 12.9. The molecular weight excluding hydrogens is 318 g/mol. The maximum atomic E-state index is 12.9. The summed E-state index contributed by atoms with van der Waals surface area (Å²) in [5.74, 6) is 0.315. The molecule has 0 aromatic carbocycles. The Bertz CT molecular complexity index is 521. The van der Waals surface area contributed by atoms with Crippen LogP contribution in [-0.4, -0.2) is 44.1 Å². The first-order valence-electron chi connectivity index (χ1n) is 9.06. The van der Waals surface area contributed by atoms with Crippen molar-refractivity contribution >= 4 is 14.2 Å². The van der Waals surface area contributed by atoms with Gasteiger partial charge in [-0.3, -0.25) is 4.79 Å². The fraction of sp³-hybridized carbons (Fsp3) is 0.842. The molecule has 2 rings (SSSR count). The van der Waals surface area contributed by atoms with E-state index < -0.39 is 14.0 Å². The third-order valence-electron chi connectivity index (χ3n) is 6.20. The van der Waals surface area contributed by atoms with Crippen LogP contribution in [0.3, 0.4) is 0 Å². The van der Waals surface area contributed by atoms with E-state index in [0.717, 1.165) is 12.0 Å². The second kappa shape index (κ2) is 6.26. The van der Waals surface area contributed by atoms with Gasteiger partial charge in [-0.1, -0.05) is 32.9 Å². The minimum atomic E-state index is -1.76. The Labute approximate surface area is 148 Å². The highest BCUT2D eigenvalue weighted by atomic mass is 28.4. The zero-order valence-electron chi connectivity index (χ0n) is 16.7. The highest BCUT2D eigenvalue weighted by Gasteiger charge is 2.57. The van der Waals surface area contributed by atoms with E-state index in [0.29, 0.717) is 13.2 Å². The molecule has 0 saturated carbocycles. The number of fused-ring (bicyclic) bond motifs is 1. The first-order chi connectivity index (χ1) is 10.8. The van der Waals surface area contributed by atoms with E-state index in [2.05, 4.69) is 40.4 Å². The summed E-state index contributed by atoms with van der Waals surface area (Å²) in [5, 5.41) is 0.205. The molecule has 2 saturated heterocycles. The summed E-state index contributed by atoms with van der Waals surface area (Å²) < 4.78 is 12.2. The molecule has 138 valence electrons. The Balaban J connectivity index is 2.11. The quantitative estimate of drug-likeness (QED) is 0.550. The van der Waals surface area contributed by atoms with Crippen LogP contribution in [0.5, 0.6) is 0 Å². The molecule has 0 N–H and O–H groups in total. The van der Waals surface area contributed by atoms with Gasteiger partial charge in [0, 0.05) is 6.61 Å². The Morgan fingerprint density at radius 2 is 2.00 bits per heavy atom. The summed E-state index contributed by atoms with van der Waals surface area (Å²) in [6, 6.07) is 0.150. The van der Waals surface area contributed by atoms with Crippen LogP contribution in [0.2, 0.25) is 18.1 Å². The molecule has 0 radical (unpaired) electrons. The lowest BCUT2D eigenvalue weighted by Crippen LogP contribution is -2.44. The molecule has 0 aromatic heterocycles. The molecule has 1 amide bonds. The number of hydrogen-bond acceptors (Lipinski definition) is 3. The van der Waals surface area contributed by atoms with Crippen LogP contribution in [0.1, 0.15) is 48.0 Å². The predicted molar refractivity (Wildman–Crippen MR) is 100 cm³/mol. The molecule has 2 aliphatic heterocycles. The number of ether oxygens (including phenoxy) is 1. The topological polar surface area (TPSA) is 38.8 Å². The second-order valence-corrected chi connectivity index (χ2v) is 14.2. The van der Waals surface area contributed by atoms with Crippen LogP contribution in [0.15, 0.2) is 12.2 Å². The molecule has 4 nitrogen and oxygen atoms in total. The lowest BCUT2D eigenvalue weighted by Gasteiger charge is -2.36. The van der Waals surface area contributed by atoms with E-state index in [9.17, 15) is 4.79 Å². The molecule has 0 aliphatic carbocycles. The zero-order valence-corrected chi connectivity index (χ0v) is 17.7. The fourth-order valence-corrected chi connectivity index (χ4v) is 4.79. The summed E-state index contributed by atoms with van der Waals surface area (Å²) in [4.78, 5) is 14.9. The van der Waals surface area contributed by atoms with Gasteiger partial charge < -0.3 is 14.1 Å². The van der Waals surface area contributed by atoms with Crippen molar-refractivity contribution in [3.63, 3.8) is 0 Å². The second-order valence-electron chi connectivity index (χ2n) is 9.42. The molecular formula is C19H35NO3Si. The number of amides is 1. The number of carbonyl (C=O) groups excluding carboxylic acids is 1. The van der Waals surface area contributed by atoms with Crippen molar-refractivity contribution in [3.05, 3.63) is 12.2 Å². The van der Waals surface area contributed by atoms with Gasteiger partial charge in [0.15, 0.2) is 8.32 Å². The molecule has 5 heteroatoms. The largest absolute Gasteiger partial charge is 0.417 e. The van der Waals surface area contributed by atoms with E-state index >= 15 is 0 Å². The van der Waals surface area contributed by atoms with E-state index in [4.69, 9.17) is 9.16 Å². The summed E-state index contributed by atoms with van der Waals surface area (Å²) in [7, 11) is -1.76. The van der Waals surface area contributed by atoms with Gasteiger partial charge in [-0.05, 0) is 51.2 Å². The van der Waals surface area contributed by atoms with Gasteiger partial charge in [0.25, 0.3) is 0 Å². The first kappa shape index (κ1) is 19.7. The van der Waals surface area contributed by atoms with E-state index in [1.165, 1.54) is 0 Å². The monoisotopic (exact) mass is 353 g/mol. The van der Waals surface area contributed by atoms with Gasteiger partial charge in [0.05, 0.1) is 18.6 Å². The van der Waals surface area contributed by atoms with Crippen molar-refractivity contribution in [3.8, 4) is 0 Å². The minimum Gasteiger partial charge on any atom is -0.417 e. The van der Waals surface area contributed by atoms with Crippen molar-refractivity contribution in [2.24, 2.45) is 11.8 Å². The standard InChI is InChI=1S/C19H35NO3Si/c1-13(2)16-14(10-11-23-24(8,9)18(3,4)5)15-12-22-19(6,7)20(15)17(16)21/h14-16H,1,10-12H2,2-9H3/t14-,15-,16+/m1/s1. The number of carbonyl (C=O) groups is 1. The maximum Gasteiger partial charge on any atom is 0.232 e. The van der Waals surface area contributed by atoms with Crippen LogP contribution < -0.4 is 0 Å². The predicted octanol–water partition coefficient (Wildman–Crippen LogP) is 4.18. The number of nitrogens with zero attached hydrogens (tertiary/aromatic N) is 1. The van der Waals surface area contributed by atoms with Crippen molar-refractivity contribution in [2.75, 3.05) is 13.2 Å². The third-order valence-corrected chi connectivity index (χ3v) is 10.7. The van der Waals surface area contributed by atoms with Crippen LogP contribution in [0.25, 0.3) is 0 Å². The van der Waals surface area contributed by atoms with Crippen LogP contribution in [0.4, 0.5) is 0 Å². The summed E-state index contributed by atoms with van der Waals surface area (Å²) in [6.45, 7) is 22.7. The molecule has 2 fully saturated rings. The Hall–Kier alpha value is -0.653. The van der Waals surface area contributed by atoms with Crippen molar-refractivity contribution in [1.82, 2.24) is 4.90 Å². The van der Waals surface area contributed by atoms with Crippen LogP contribution >= 0.6 is 0 Å². The zero-order chi connectivity index (χ0) is 18.5. The van der Waals surface area contributed by atoms with Crippen LogP contribution in [0, 0.1) is 11.8 Å². The molecule has 0 spiro atoms. The summed E-state index contributed by atoms with van der Waals surface area (Å²) in [6.07, 6.45) is 0.885. The van der Waals surface area contributed by atoms with Crippen LogP contribution in [-0.2, 0) is 14.0 Å². The van der Waals surface area contributed by atoms with Gasteiger partial charge in [-0.2, -0.15) is 0 Å². The summed E-state index contributed by atoms with van der Waals surface area (Å²) in [5.41, 5.74) is 0.451. The lowest BCUT2D eigenvalue weighted by atomic mass is 9.84. The SMILES string of the molecule is C=C(C)[C@@H]1C(=O)N2[C@H](COC2(C)C)[C@H]1CCO[Si](C)(C)C(C)(C)C. The smallest absolute Gasteiger partial charge is 0.232 e. The average molecular weight is 354 g/mol. The summed E-state index contributed by atoms with van der Waals surface area (Å²) >= 11 is 0. The lowest BCUT2D eigenvalue weighted by molar-refractivity contribution is -0.144. The van der Waals surface area contributed by atoms with Gasteiger partial charge in [0.1, 0.15) is 5.72 Å². The first-order valence-corrected chi connectivity index (χ1v) is 12.0. The molecule has 24 heavy (non-hydrogen) atoms. The van der Waals surface area contributed by atoms with Crippen molar-refractivity contribution < 1.29 is 14.0 Å². The third kappa shape index (κ3) is 3.35.